The largest absolute Gasteiger partial charge is 0.481 e. The van der Waals surface area contributed by atoms with Crippen molar-refractivity contribution < 1.29 is 14.7 Å². The molecular formula is C18H27N3O3S. The van der Waals surface area contributed by atoms with Crippen LogP contribution in [-0.2, 0) is 9.59 Å². The maximum Gasteiger partial charge on any atom is 0.307 e. The third-order valence-electron chi connectivity index (χ3n) is 5.51. The van der Waals surface area contributed by atoms with E-state index in [1.165, 1.54) is 17.8 Å². The van der Waals surface area contributed by atoms with Gasteiger partial charge in [0.15, 0.2) is 5.13 Å². The molecule has 6 nitrogen and oxygen atoms in total. The summed E-state index contributed by atoms with van der Waals surface area (Å²) in [7, 11) is 0. The van der Waals surface area contributed by atoms with Gasteiger partial charge in [-0.15, -0.1) is 11.3 Å². The van der Waals surface area contributed by atoms with Crippen molar-refractivity contribution >= 4 is 28.3 Å². The van der Waals surface area contributed by atoms with Gasteiger partial charge in [-0.05, 0) is 39.2 Å². The van der Waals surface area contributed by atoms with E-state index in [0.717, 1.165) is 43.8 Å². The number of carbonyl (C=O) groups excluding carboxylic acids is 1. The quantitative estimate of drug-likeness (QED) is 0.868. The highest BCUT2D eigenvalue weighted by Crippen LogP contribution is 2.30. The Morgan fingerprint density at radius 2 is 2.04 bits per heavy atom. The van der Waals surface area contributed by atoms with E-state index in [2.05, 4.69) is 4.98 Å². The second-order valence-electron chi connectivity index (χ2n) is 7.16. The van der Waals surface area contributed by atoms with Gasteiger partial charge in [0.25, 0.3) is 0 Å². The van der Waals surface area contributed by atoms with Gasteiger partial charge in [0, 0.05) is 24.2 Å². The van der Waals surface area contributed by atoms with Gasteiger partial charge in [0.1, 0.15) is 0 Å². The highest BCUT2D eigenvalue weighted by atomic mass is 32.1. The molecule has 0 radical (unpaired) electrons. The molecule has 1 saturated carbocycles. The molecular weight excluding hydrogens is 338 g/mol. The molecule has 1 aromatic rings. The molecule has 1 saturated heterocycles. The maximum absolute atomic E-state index is 13.3. The van der Waals surface area contributed by atoms with Crippen LogP contribution >= 0.6 is 11.3 Å². The number of thiazole rings is 1. The summed E-state index contributed by atoms with van der Waals surface area (Å²) in [4.78, 5) is 33.0. The second-order valence-corrected chi connectivity index (χ2v) is 8.04. The summed E-state index contributed by atoms with van der Waals surface area (Å²) in [6.07, 6.45) is 8.86. The number of hydrogen-bond acceptors (Lipinski definition) is 5. The number of piperidine rings is 1. The molecule has 1 amide bonds. The minimum Gasteiger partial charge on any atom is -0.481 e. The van der Waals surface area contributed by atoms with Crippen molar-refractivity contribution in [2.24, 2.45) is 5.92 Å². The Kier molecular flexibility index (Phi) is 6.06. The van der Waals surface area contributed by atoms with Gasteiger partial charge in [0.2, 0.25) is 5.91 Å². The summed E-state index contributed by atoms with van der Waals surface area (Å²) < 4.78 is 0. The molecule has 2 atom stereocenters. The van der Waals surface area contributed by atoms with Gasteiger partial charge in [-0.25, -0.2) is 4.98 Å². The standard InChI is InChI=1S/C18H27N3O3S/c1-13(20-10-5-6-14(12-20)17(23)24)16(22)21(18-19-9-11-25-18)15-7-3-2-4-8-15/h9,11,13-15H,2-8,10,12H2,1H3,(H,23,24). The van der Waals surface area contributed by atoms with E-state index in [1.54, 1.807) is 6.20 Å². The first-order chi connectivity index (χ1) is 12.1. The van der Waals surface area contributed by atoms with Gasteiger partial charge in [-0.2, -0.15) is 0 Å². The number of hydrogen-bond donors (Lipinski definition) is 1. The Labute approximate surface area is 152 Å². The van der Waals surface area contributed by atoms with Crippen LogP contribution in [0.1, 0.15) is 51.9 Å². The number of carbonyl (C=O) groups is 2. The van der Waals surface area contributed by atoms with Crippen LogP contribution in [0.2, 0.25) is 0 Å². The van der Waals surface area contributed by atoms with Gasteiger partial charge in [-0.3, -0.25) is 19.4 Å². The second kappa shape index (κ2) is 8.27. The van der Waals surface area contributed by atoms with Crippen LogP contribution in [0.5, 0.6) is 0 Å². The number of likely N-dealkylation sites (tertiary alicyclic amines) is 1. The number of aromatic nitrogens is 1. The number of nitrogens with zero attached hydrogens (tertiary/aromatic N) is 3. The first-order valence-corrected chi connectivity index (χ1v) is 10.2. The maximum atomic E-state index is 13.3. The zero-order chi connectivity index (χ0) is 17.8. The highest BCUT2D eigenvalue weighted by molar-refractivity contribution is 7.13. The monoisotopic (exact) mass is 365 g/mol. The van der Waals surface area contributed by atoms with Crippen molar-refractivity contribution in [2.75, 3.05) is 18.0 Å². The van der Waals surface area contributed by atoms with Crippen molar-refractivity contribution in [3.05, 3.63) is 11.6 Å². The van der Waals surface area contributed by atoms with E-state index in [-0.39, 0.29) is 23.9 Å². The molecule has 2 heterocycles. The molecule has 0 aromatic carbocycles. The van der Waals surface area contributed by atoms with Crippen LogP contribution in [0.15, 0.2) is 11.6 Å². The van der Waals surface area contributed by atoms with E-state index < -0.39 is 5.97 Å². The zero-order valence-electron chi connectivity index (χ0n) is 14.8. The van der Waals surface area contributed by atoms with Crippen LogP contribution in [0.4, 0.5) is 5.13 Å². The van der Waals surface area contributed by atoms with E-state index in [0.29, 0.717) is 13.0 Å². The number of carboxylic acids is 1. The summed E-state index contributed by atoms with van der Waals surface area (Å²) in [6.45, 7) is 3.15. The van der Waals surface area contributed by atoms with Gasteiger partial charge in [0.05, 0.1) is 12.0 Å². The van der Waals surface area contributed by atoms with E-state index in [9.17, 15) is 14.7 Å². The lowest BCUT2D eigenvalue weighted by molar-refractivity contribution is -0.144. The first-order valence-electron chi connectivity index (χ1n) is 9.27. The fourth-order valence-electron chi connectivity index (χ4n) is 4.02. The Hall–Kier alpha value is -1.47. The Balaban J connectivity index is 1.75. The molecule has 7 heteroatoms. The fraction of sp³-hybridized carbons (Fsp3) is 0.722. The average Bonchev–Trinajstić information content (AvgIpc) is 3.16. The predicted octanol–water partition coefficient (Wildman–Crippen LogP) is 2.99. The Bertz CT molecular complexity index is 586. The first kappa shape index (κ1) is 18.3. The summed E-state index contributed by atoms with van der Waals surface area (Å²) in [6, 6.07) is -0.0945. The molecule has 2 aliphatic rings. The lowest BCUT2D eigenvalue weighted by atomic mass is 9.93. The van der Waals surface area contributed by atoms with Gasteiger partial charge >= 0.3 is 5.97 Å². The SMILES string of the molecule is CC(C(=O)N(c1nccs1)C1CCCCC1)N1CCCC(C(=O)O)C1. The van der Waals surface area contributed by atoms with Gasteiger partial charge in [-0.1, -0.05) is 19.3 Å². The van der Waals surface area contributed by atoms with Crippen molar-refractivity contribution in [3.63, 3.8) is 0 Å². The smallest absolute Gasteiger partial charge is 0.307 e. The third-order valence-corrected chi connectivity index (χ3v) is 6.28. The van der Waals surface area contributed by atoms with Crippen molar-refractivity contribution in [1.29, 1.82) is 0 Å². The molecule has 1 aliphatic carbocycles. The summed E-state index contributed by atoms with van der Waals surface area (Å²) >= 11 is 1.50. The van der Waals surface area contributed by atoms with E-state index in [1.807, 2.05) is 22.1 Å². The minimum absolute atomic E-state index is 0.0629. The molecule has 2 unspecified atom stereocenters. The summed E-state index contributed by atoms with van der Waals surface area (Å²) in [5.74, 6) is -1.06. The molecule has 1 aromatic heterocycles. The number of rotatable bonds is 5. The average molecular weight is 365 g/mol. The molecule has 138 valence electrons. The van der Waals surface area contributed by atoms with Crippen molar-refractivity contribution in [3.8, 4) is 0 Å². The molecule has 0 spiro atoms. The van der Waals surface area contributed by atoms with Crippen LogP contribution in [-0.4, -0.2) is 52.0 Å². The van der Waals surface area contributed by atoms with Crippen LogP contribution in [0, 0.1) is 5.92 Å². The lowest BCUT2D eigenvalue weighted by Gasteiger charge is -2.39. The predicted molar refractivity (Wildman–Crippen MR) is 97.9 cm³/mol. The highest BCUT2D eigenvalue weighted by Gasteiger charge is 2.36. The third kappa shape index (κ3) is 4.20. The Morgan fingerprint density at radius 3 is 2.68 bits per heavy atom. The summed E-state index contributed by atoms with van der Waals surface area (Å²) in [5.41, 5.74) is 0. The fourth-order valence-corrected chi connectivity index (χ4v) is 4.74. The number of anilines is 1. The van der Waals surface area contributed by atoms with Crippen molar-refractivity contribution in [1.82, 2.24) is 9.88 Å². The topological polar surface area (TPSA) is 73.7 Å². The molecule has 2 fully saturated rings. The van der Waals surface area contributed by atoms with Crippen LogP contribution < -0.4 is 4.90 Å². The molecule has 3 rings (SSSR count). The number of aliphatic carboxylic acids is 1. The molecule has 1 N–H and O–H groups in total. The van der Waals surface area contributed by atoms with E-state index >= 15 is 0 Å². The minimum atomic E-state index is -0.756. The summed E-state index contributed by atoms with van der Waals surface area (Å²) in [5, 5.41) is 12.0. The van der Waals surface area contributed by atoms with Gasteiger partial charge < -0.3 is 5.11 Å². The number of amides is 1. The molecule has 1 aliphatic heterocycles. The van der Waals surface area contributed by atoms with Crippen LogP contribution in [0.25, 0.3) is 0 Å². The van der Waals surface area contributed by atoms with E-state index in [4.69, 9.17) is 0 Å². The number of carboxylic acid groups (broad SMARTS) is 1. The normalized spacial score (nSPS) is 24.0. The lowest BCUT2D eigenvalue weighted by Crippen LogP contribution is -2.54. The molecule has 25 heavy (non-hydrogen) atoms. The zero-order valence-corrected chi connectivity index (χ0v) is 15.6. The van der Waals surface area contributed by atoms with Crippen molar-refractivity contribution in [2.45, 2.75) is 64.0 Å². The Morgan fingerprint density at radius 1 is 1.28 bits per heavy atom. The molecule has 0 bridgehead atoms. The van der Waals surface area contributed by atoms with Crippen LogP contribution in [0.3, 0.4) is 0 Å².